The molecule has 0 radical (unpaired) electrons. The molecule has 1 saturated carbocycles. The number of aryl methyl sites for hydroxylation is 1. The van der Waals surface area contributed by atoms with Gasteiger partial charge in [0.2, 0.25) is 0 Å². The van der Waals surface area contributed by atoms with Crippen LogP contribution in [0.1, 0.15) is 48.2 Å². The molecule has 0 saturated heterocycles. The molecular weight excluding hydrogens is 264 g/mol. The van der Waals surface area contributed by atoms with Crippen molar-refractivity contribution in [2.75, 3.05) is 0 Å². The van der Waals surface area contributed by atoms with Crippen LogP contribution >= 0.6 is 0 Å². The van der Waals surface area contributed by atoms with Crippen LogP contribution in [0, 0.1) is 0 Å². The van der Waals surface area contributed by atoms with Gasteiger partial charge in [-0.3, -0.25) is 0 Å². The fourth-order valence-corrected chi connectivity index (χ4v) is 4.67. The molecule has 5 heteroatoms. The van der Waals surface area contributed by atoms with E-state index >= 15 is 0 Å². The van der Waals surface area contributed by atoms with Crippen LogP contribution in [-0.4, -0.2) is 24.7 Å². The summed E-state index contributed by atoms with van der Waals surface area (Å²) in [6.07, 6.45) is 2.38. The standard InChI is InChI=1S/C14H18O4S/c1-3-9-5-8-12(14(15)16)11(4-2)13(9)19(17,18)10-6-7-10/h5,8,10H,3-4,6-7H2,1-2H3,(H,15,16). The van der Waals surface area contributed by atoms with Gasteiger partial charge in [0, 0.05) is 0 Å². The third-order valence-electron chi connectivity index (χ3n) is 3.55. The van der Waals surface area contributed by atoms with Crippen LogP contribution in [0.3, 0.4) is 0 Å². The number of hydrogen-bond donors (Lipinski definition) is 1. The van der Waals surface area contributed by atoms with E-state index in [9.17, 15) is 18.3 Å². The minimum absolute atomic E-state index is 0.110. The van der Waals surface area contributed by atoms with E-state index in [4.69, 9.17) is 0 Å². The number of rotatable bonds is 5. The van der Waals surface area contributed by atoms with E-state index < -0.39 is 15.8 Å². The van der Waals surface area contributed by atoms with Gasteiger partial charge in [0.25, 0.3) is 0 Å². The highest BCUT2D eigenvalue weighted by Gasteiger charge is 2.39. The maximum Gasteiger partial charge on any atom is 0.336 e. The lowest BCUT2D eigenvalue weighted by Crippen LogP contribution is -2.16. The van der Waals surface area contributed by atoms with Crippen molar-refractivity contribution in [1.82, 2.24) is 0 Å². The Labute approximate surface area is 113 Å². The second kappa shape index (κ2) is 4.96. The fraction of sp³-hybridized carbons (Fsp3) is 0.500. The van der Waals surface area contributed by atoms with Crippen molar-refractivity contribution in [3.63, 3.8) is 0 Å². The van der Waals surface area contributed by atoms with Crippen molar-refractivity contribution in [1.29, 1.82) is 0 Å². The Morgan fingerprint density at radius 3 is 2.32 bits per heavy atom. The van der Waals surface area contributed by atoms with Crippen molar-refractivity contribution in [2.45, 2.75) is 49.7 Å². The quantitative estimate of drug-likeness (QED) is 0.900. The molecule has 0 heterocycles. The molecule has 19 heavy (non-hydrogen) atoms. The first kappa shape index (κ1) is 14.1. The minimum atomic E-state index is -3.37. The predicted octanol–water partition coefficient (Wildman–Crippen LogP) is 2.45. The molecule has 0 unspecified atom stereocenters. The average molecular weight is 282 g/mol. The first-order chi connectivity index (χ1) is 8.93. The second-order valence-corrected chi connectivity index (χ2v) is 7.00. The lowest BCUT2D eigenvalue weighted by atomic mass is 10.0. The monoisotopic (exact) mass is 282 g/mol. The Bertz CT molecular complexity index is 613. The molecule has 1 aliphatic carbocycles. The normalized spacial score (nSPS) is 15.5. The van der Waals surface area contributed by atoms with Crippen LogP contribution in [-0.2, 0) is 22.7 Å². The van der Waals surface area contributed by atoms with Crippen molar-refractivity contribution < 1.29 is 18.3 Å². The van der Waals surface area contributed by atoms with E-state index in [1.165, 1.54) is 6.07 Å². The summed E-state index contributed by atoms with van der Waals surface area (Å²) >= 11 is 0. The highest BCUT2D eigenvalue weighted by molar-refractivity contribution is 7.92. The number of sulfone groups is 1. The van der Waals surface area contributed by atoms with E-state index in [-0.39, 0.29) is 15.7 Å². The first-order valence-electron chi connectivity index (χ1n) is 6.55. The molecule has 0 bridgehead atoms. The Kier molecular flexibility index (Phi) is 3.67. The summed E-state index contributed by atoms with van der Waals surface area (Å²) in [6, 6.07) is 3.16. The van der Waals surface area contributed by atoms with Crippen LogP contribution in [0.25, 0.3) is 0 Å². The molecule has 0 spiro atoms. The van der Waals surface area contributed by atoms with Crippen LogP contribution < -0.4 is 0 Å². The maximum atomic E-state index is 12.5. The molecule has 2 rings (SSSR count). The van der Waals surface area contributed by atoms with Gasteiger partial charge < -0.3 is 5.11 Å². The summed E-state index contributed by atoms with van der Waals surface area (Å²) in [4.78, 5) is 11.5. The summed E-state index contributed by atoms with van der Waals surface area (Å²) in [6.45, 7) is 3.69. The largest absolute Gasteiger partial charge is 0.478 e. The lowest BCUT2D eigenvalue weighted by Gasteiger charge is -2.15. The van der Waals surface area contributed by atoms with E-state index in [1.807, 2.05) is 6.92 Å². The van der Waals surface area contributed by atoms with E-state index in [0.717, 1.165) is 5.56 Å². The van der Waals surface area contributed by atoms with Gasteiger partial charge in [0.05, 0.1) is 15.7 Å². The molecule has 0 atom stereocenters. The van der Waals surface area contributed by atoms with Crippen molar-refractivity contribution in [2.24, 2.45) is 0 Å². The van der Waals surface area contributed by atoms with Crippen molar-refractivity contribution >= 4 is 15.8 Å². The summed E-state index contributed by atoms with van der Waals surface area (Å²) in [5.74, 6) is -1.06. The minimum Gasteiger partial charge on any atom is -0.478 e. The zero-order valence-corrected chi connectivity index (χ0v) is 12.0. The Morgan fingerprint density at radius 1 is 1.26 bits per heavy atom. The number of hydrogen-bond acceptors (Lipinski definition) is 3. The third-order valence-corrected chi connectivity index (χ3v) is 5.98. The van der Waals surface area contributed by atoms with Gasteiger partial charge in [-0.15, -0.1) is 0 Å². The topological polar surface area (TPSA) is 71.4 Å². The molecular formula is C14H18O4S. The third kappa shape index (κ3) is 2.39. The molecule has 1 aliphatic rings. The Hall–Kier alpha value is -1.36. The number of carbonyl (C=O) groups is 1. The SMILES string of the molecule is CCc1ccc(C(=O)O)c(CC)c1S(=O)(=O)C1CC1. The maximum absolute atomic E-state index is 12.5. The number of benzene rings is 1. The molecule has 1 aromatic carbocycles. The van der Waals surface area contributed by atoms with Gasteiger partial charge in [-0.25, -0.2) is 13.2 Å². The Balaban J connectivity index is 2.74. The molecule has 0 aromatic heterocycles. The van der Waals surface area contributed by atoms with Gasteiger partial charge in [0.1, 0.15) is 0 Å². The van der Waals surface area contributed by atoms with E-state index in [0.29, 0.717) is 31.2 Å². The van der Waals surface area contributed by atoms with Crippen LogP contribution in [0.2, 0.25) is 0 Å². The number of carboxylic acid groups (broad SMARTS) is 1. The average Bonchev–Trinajstić information content (AvgIpc) is 3.20. The first-order valence-corrected chi connectivity index (χ1v) is 8.10. The van der Waals surface area contributed by atoms with Gasteiger partial charge in [-0.05, 0) is 42.9 Å². The highest BCUT2D eigenvalue weighted by Crippen LogP contribution is 2.37. The van der Waals surface area contributed by atoms with Gasteiger partial charge >= 0.3 is 5.97 Å². The molecule has 1 N–H and O–H groups in total. The number of aromatic carboxylic acids is 1. The van der Waals surface area contributed by atoms with Gasteiger partial charge in [-0.2, -0.15) is 0 Å². The summed E-state index contributed by atoms with van der Waals surface area (Å²) in [7, 11) is -3.37. The molecule has 104 valence electrons. The van der Waals surface area contributed by atoms with Gasteiger partial charge in [-0.1, -0.05) is 19.9 Å². The summed E-state index contributed by atoms with van der Waals surface area (Å²) in [5.41, 5.74) is 1.30. The van der Waals surface area contributed by atoms with Crippen LogP contribution in [0.5, 0.6) is 0 Å². The van der Waals surface area contributed by atoms with Crippen molar-refractivity contribution in [3.8, 4) is 0 Å². The van der Waals surface area contributed by atoms with E-state index in [1.54, 1.807) is 13.0 Å². The lowest BCUT2D eigenvalue weighted by molar-refractivity contribution is 0.0695. The zero-order valence-electron chi connectivity index (χ0n) is 11.1. The van der Waals surface area contributed by atoms with Crippen LogP contribution in [0.4, 0.5) is 0 Å². The zero-order chi connectivity index (χ0) is 14.2. The smallest absolute Gasteiger partial charge is 0.336 e. The summed E-state index contributed by atoms with van der Waals surface area (Å²) < 4.78 is 25.1. The molecule has 4 nitrogen and oxygen atoms in total. The van der Waals surface area contributed by atoms with Gasteiger partial charge in [0.15, 0.2) is 9.84 Å². The van der Waals surface area contributed by atoms with Crippen molar-refractivity contribution in [3.05, 3.63) is 28.8 Å². The van der Waals surface area contributed by atoms with E-state index in [2.05, 4.69) is 0 Å². The molecule has 0 aliphatic heterocycles. The second-order valence-electron chi connectivity index (χ2n) is 4.84. The number of carboxylic acids is 1. The molecule has 1 fully saturated rings. The Morgan fingerprint density at radius 2 is 1.89 bits per heavy atom. The molecule has 1 aromatic rings. The van der Waals surface area contributed by atoms with Crippen LogP contribution in [0.15, 0.2) is 17.0 Å². The molecule has 0 amide bonds. The predicted molar refractivity (Wildman–Crippen MR) is 72.4 cm³/mol. The fourth-order valence-electron chi connectivity index (χ4n) is 2.41. The summed E-state index contributed by atoms with van der Waals surface area (Å²) in [5, 5.41) is 8.90. The highest BCUT2D eigenvalue weighted by atomic mass is 32.2.